The topological polar surface area (TPSA) is 40.1 Å². The van der Waals surface area contributed by atoms with Crippen LogP contribution in [-0.4, -0.2) is 12.8 Å². The van der Waals surface area contributed by atoms with Gasteiger partial charge in [-0.15, -0.1) is 0 Å². The summed E-state index contributed by atoms with van der Waals surface area (Å²) < 4.78 is -0.616. The van der Waals surface area contributed by atoms with Crippen molar-refractivity contribution in [1.82, 2.24) is 4.65 Å². The summed E-state index contributed by atoms with van der Waals surface area (Å²) in [5, 5.41) is 14.9. The largest absolute Gasteiger partial charge is 0.622 e. The van der Waals surface area contributed by atoms with E-state index in [0.717, 1.165) is 17.1 Å². The van der Waals surface area contributed by atoms with E-state index in [4.69, 9.17) is 0 Å². The minimum atomic E-state index is -0.616. The molecular formula is C16H13NO2. The van der Waals surface area contributed by atoms with Crippen molar-refractivity contribution in [3.05, 3.63) is 71.6 Å². The van der Waals surface area contributed by atoms with Crippen LogP contribution in [0.1, 0.15) is 0 Å². The number of hydrogen-bond acceptors (Lipinski definition) is 2. The molecule has 0 fully saturated rings. The van der Waals surface area contributed by atoms with Gasteiger partial charge in [0.2, 0.25) is 0 Å². The van der Waals surface area contributed by atoms with Crippen molar-refractivity contribution >= 4 is 22.7 Å². The number of benzene rings is 2. The van der Waals surface area contributed by atoms with Gasteiger partial charge in [0.15, 0.2) is 6.29 Å². The molecule has 1 aliphatic rings. The molecule has 0 N–H and O–H groups in total. The molecule has 1 atom stereocenters. The monoisotopic (exact) mass is 251 g/mol. The number of rotatable bonds is 2. The maximum atomic E-state index is 12.8. The molecular weight excluding hydrogens is 238 g/mol. The molecule has 0 radical (unpaired) electrons. The number of aldehydes is 1. The lowest BCUT2D eigenvalue weighted by Crippen LogP contribution is -2.40. The standard InChI is InChI=1S/C16H13NO2/c18-12-13-4-3-9-17(19,11-13)16-8-7-14-5-1-2-6-15(14)10-16/h1-10,12H,11H2. The van der Waals surface area contributed by atoms with Crippen LogP contribution in [0.25, 0.3) is 10.8 Å². The molecule has 1 aliphatic heterocycles. The van der Waals surface area contributed by atoms with Gasteiger partial charge in [-0.1, -0.05) is 24.3 Å². The van der Waals surface area contributed by atoms with E-state index in [1.165, 1.54) is 0 Å². The van der Waals surface area contributed by atoms with Crippen LogP contribution in [0.15, 0.2) is 66.4 Å². The Kier molecular flexibility index (Phi) is 2.78. The first-order chi connectivity index (χ1) is 9.21. The van der Waals surface area contributed by atoms with Gasteiger partial charge in [-0.3, -0.25) is 9.44 Å². The molecule has 2 aromatic rings. The molecule has 94 valence electrons. The van der Waals surface area contributed by atoms with E-state index in [0.29, 0.717) is 11.3 Å². The third kappa shape index (κ3) is 2.10. The summed E-state index contributed by atoms with van der Waals surface area (Å²) in [6.45, 7) is 0.151. The zero-order valence-corrected chi connectivity index (χ0v) is 10.3. The highest BCUT2D eigenvalue weighted by atomic mass is 16.5. The van der Waals surface area contributed by atoms with E-state index in [1.807, 2.05) is 42.5 Å². The molecule has 0 spiro atoms. The lowest BCUT2D eigenvalue weighted by atomic mass is 10.1. The molecule has 0 amide bonds. The van der Waals surface area contributed by atoms with Crippen molar-refractivity contribution in [2.45, 2.75) is 0 Å². The fraction of sp³-hybridized carbons (Fsp3) is 0.0625. The number of nitrogens with zero attached hydrogens (tertiary/aromatic N) is 1. The Labute approximate surface area is 111 Å². The molecule has 3 heteroatoms. The Morgan fingerprint density at radius 2 is 1.89 bits per heavy atom. The quantitative estimate of drug-likeness (QED) is 0.467. The summed E-state index contributed by atoms with van der Waals surface area (Å²) in [6.07, 6.45) is 5.64. The van der Waals surface area contributed by atoms with Crippen LogP contribution < -0.4 is 4.65 Å². The second-order valence-corrected chi connectivity index (χ2v) is 4.69. The van der Waals surface area contributed by atoms with Crippen LogP contribution >= 0.6 is 0 Å². The normalized spacial score (nSPS) is 22.3. The highest BCUT2D eigenvalue weighted by Crippen LogP contribution is 2.29. The average molecular weight is 251 g/mol. The maximum absolute atomic E-state index is 12.8. The second kappa shape index (κ2) is 4.46. The maximum Gasteiger partial charge on any atom is 0.151 e. The van der Waals surface area contributed by atoms with Crippen LogP contribution in [0, 0.1) is 5.21 Å². The highest BCUT2D eigenvalue weighted by Gasteiger charge is 2.22. The van der Waals surface area contributed by atoms with Crippen LogP contribution in [-0.2, 0) is 4.79 Å². The van der Waals surface area contributed by atoms with Gasteiger partial charge < -0.3 is 5.21 Å². The first-order valence-corrected chi connectivity index (χ1v) is 6.13. The van der Waals surface area contributed by atoms with E-state index in [2.05, 4.69) is 0 Å². The van der Waals surface area contributed by atoms with E-state index < -0.39 is 4.65 Å². The number of quaternary nitrogens is 1. The molecule has 19 heavy (non-hydrogen) atoms. The van der Waals surface area contributed by atoms with Gasteiger partial charge in [-0.25, -0.2) is 0 Å². The third-order valence-electron chi connectivity index (χ3n) is 3.38. The van der Waals surface area contributed by atoms with Crippen molar-refractivity contribution in [2.24, 2.45) is 0 Å². The number of carbonyl (C=O) groups excluding carboxylic acids is 1. The van der Waals surface area contributed by atoms with Crippen molar-refractivity contribution in [3.8, 4) is 0 Å². The van der Waals surface area contributed by atoms with Crippen molar-refractivity contribution < 1.29 is 4.79 Å². The number of carbonyl (C=O) groups is 1. The molecule has 0 aromatic heterocycles. The third-order valence-corrected chi connectivity index (χ3v) is 3.38. The SMILES string of the molecule is O=CC1=CC=C[N+]([O-])(c2ccc3ccccc3c2)C1. The summed E-state index contributed by atoms with van der Waals surface area (Å²) in [6, 6.07) is 13.6. The van der Waals surface area contributed by atoms with Gasteiger partial charge in [0.1, 0.15) is 18.4 Å². The minimum Gasteiger partial charge on any atom is -0.622 e. The van der Waals surface area contributed by atoms with Crippen molar-refractivity contribution in [1.29, 1.82) is 0 Å². The van der Waals surface area contributed by atoms with Gasteiger partial charge >= 0.3 is 0 Å². The second-order valence-electron chi connectivity index (χ2n) is 4.69. The number of fused-ring (bicyclic) bond motifs is 1. The Balaban J connectivity index is 2.07. The Bertz CT molecular complexity index is 703. The van der Waals surface area contributed by atoms with Gasteiger partial charge in [0, 0.05) is 17.7 Å². The molecule has 0 saturated carbocycles. The molecule has 3 rings (SSSR count). The zero-order valence-electron chi connectivity index (χ0n) is 10.3. The fourth-order valence-corrected chi connectivity index (χ4v) is 2.35. The fourth-order valence-electron chi connectivity index (χ4n) is 2.35. The highest BCUT2D eigenvalue weighted by molar-refractivity contribution is 5.86. The predicted octanol–water partition coefficient (Wildman–Crippen LogP) is 3.30. The summed E-state index contributed by atoms with van der Waals surface area (Å²) in [7, 11) is 0. The van der Waals surface area contributed by atoms with Crippen molar-refractivity contribution in [3.63, 3.8) is 0 Å². The van der Waals surface area contributed by atoms with E-state index >= 15 is 0 Å². The van der Waals surface area contributed by atoms with Gasteiger partial charge in [-0.2, -0.15) is 0 Å². The Morgan fingerprint density at radius 1 is 1.11 bits per heavy atom. The summed E-state index contributed by atoms with van der Waals surface area (Å²) >= 11 is 0. The minimum absolute atomic E-state index is 0.151. The van der Waals surface area contributed by atoms with Crippen LogP contribution in [0.3, 0.4) is 0 Å². The lowest BCUT2D eigenvalue weighted by molar-refractivity contribution is -0.105. The van der Waals surface area contributed by atoms with Gasteiger partial charge in [-0.05, 0) is 29.0 Å². The summed E-state index contributed by atoms with van der Waals surface area (Å²) in [5.74, 6) is 0. The number of hydrogen-bond donors (Lipinski definition) is 0. The summed E-state index contributed by atoms with van der Waals surface area (Å²) in [5.41, 5.74) is 1.16. The summed E-state index contributed by atoms with van der Waals surface area (Å²) in [4.78, 5) is 10.8. The Hall–Kier alpha value is -2.23. The molecule has 2 aromatic carbocycles. The molecule has 0 bridgehead atoms. The van der Waals surface area contributed by atoms with E-state index in [-0.39, 0.29) is 6.54 Å². The van der Waals surface area contributed by atoms with E-state index in [9.17, 15) is 10.0 Å². The zero-order chi connectivity index (χ0) is 13.3. The lowest BCUT2D eigenvalue weighted by Gasteiger charge is -2.39. The molecule has 1 unspecified atom stereocenters. The van der Waals surface area contributed by atoms with Crippen molar-refractivity contribution in [2.75, 3.05) is 6.54 Å². The number of hydroxylamine groups is 2. The molecule has 0 aliphatic carbocycles. The van der Waals surface area contributed by atoms with Gasteiger partial charge in [0.25, 0.3) is 0 Å². The molecule has 1 heterocycles. The van der Waals surface area contributed by atoms with Gasteiger partial charge in [0.05, 0.1) is 0 Å². The van der Waals surface area contributed by atoms with Crippen LogP contribution in [0.2, 0.25) is 0 Å². The Morgan fingerprint density at radius 3 is 2.68 bits per heavy atom. The van der Waals surface area contributed by atoms with Crippen LogP contribution in [0.5, 0.6) is 0 Å². The average Bonchev–Trinajstić information content (AvgIpc) is 2.46. The molecule has 0 saturated heterocycles. The number of allylic oxidation sites excluding steroid dienone is 2. The van der Waals surface area contributed by atoms with E-state index in [1.54, 1.807) is 18.4 Å². The van der Waals surface area contributed by atoms with Crippen LogP contribution in [0.4, 0.5) is 5.69 Å². The molecule has 3 nitrogen and oxygen atoms in total. The first kappa shape index (κ1) is 11.8. The smallest absolute Gasteiger partial charge is 0.151 e. The first-order valence-electron chi connectivity index (χ1n) is 6.13. The predicted molar refractivity (Wildman–Crippen MR) is 77.3 cm³/mol.